The second-order valence-electron chi connectivity index (χ2n) is 5.08. The number of likely N-dealkylation sites (tertiary alicyclic amines) is 1. The van der Waals surface area contributed by atoms with E-state index in [1.54, 1.807) is 6.92 Å². The Morgan fingerprint density at radius 2 is 2.00 bits per heavy atom. The van der Waals surface area contributed by atoms with E-state index in [2.05, 4.69) is 5.32 Å². The van der Waals surface area contributed by atoms with E-state index in [4.69, 9.17) is 0 Å². The third-order valence-electron chi connectivity index (χ3n) is 3.54. The van der Waals surface area contributed by atoms with Gasteiger partial charge in [0.25, 0.3) is 0 Å². The lowest BCUT2D eigenvalue weighted by Gasteiger charge is -2.31. The van der Waals surface area contributed by atoms with Gasteiger partial charge >= 0.3 is 5.97 Å². The van der Waals surface area contributed by atoms with Gasteiger partial charge in [-0.1, -0.05) is 6.92 Å². The van der Waals surface area contributed by atoms with E-state index in [-0.39, 0.29) is 24.7 Å². The lowest BCUT2D eigenvalue weighted by atomic mass is 9.99. The molecule has 1 unspecified atom stereocenters. The van der Waals surface area contributed by atoms with Crippen molar-refractivity contribution in [2.24, 2.45) is 0 Å². The molecule has 1 rings (SSSR count). The number of nitrogens with zero attached hydrogens (tertiary/aromatic N) is 1. The Labute approximate surface area is 113 Å². The zero-order chi connectivity index (χ0) is 14.5. The van der Waals surface area contributed by atoms with Gasteiger partial charge < -0.3 is 15.3 Å². The molecule has 6 nitrogen and oxygen atoms in total. The van der Waals surface area contributed by atoms with Crippen molar-refractivity contribution in [3.63, 3.8) is 0 Å². The first kappa shape index (κ1) is 15.5. The van der Waals surface area contributed by atoms with Gasteiger partial charge in [-0.15, -0.1) is 0 Å². The van der Waals surface area contributed by atoms with Crippen LogP contribution in [0, 0.1) is 0 Å². The van der Waals surface area contributed by atoms with Crippen molar-refractivity contribution >= 4 is 17.8 Å². The van der Waals surface area contributed by atoms with E-state index in [9.17, 15) is 19.5 Å². The van der Waals surface area contributed by atoms with Crippen molar-refractivity contribution in [2.75, 3.05) is 13.1 Å². The van der Waals surface area contributed by atoms with Crippen LogP contribution in [0.15, 0.2) is 0 Å². The van der Waals surface area contributed by atoms with E-state index in [0.29, 0.717) is 25.9 Å². The molecule has 1 aliphatic heterocycles. The van der Waals surface area contributed by atoms with Crippen LogP contribution in [-0.4, -0.2) is 46.4 Å². The number of carboxylic acids is 1. The van der Waals surface area contributed by atoms with Crippen molar-refractivity contribution in [2.45, 2.75) is 51.5 Å². The molecular formula is C13H22N2O4. The summed E-state index contributed by atoms with van der Waals surface area (Å²) in [6.07, 6.45) is 2.19. The number of nitrogens with one attached hydrogen (secondary N) is 1. The molecule has 1 atom stereocenters. The number of aliphatic carboxylic acids is 1. The summed E-state index contributed by atoms with van der Waals surface area (Å²) in [4.78, 5) is 36.1. The molecule has 6 heteroatoms. The van der Waals surface area contributed by atoms with Crippen LogP contribution in [0.5, 0.6) is 0 Å². The number of carbonyl (C=O) groups excluding carboxylic acids is 2. The van der Waals surface area contributed by atoms with Gasteiger partial charge in [0.2, 0.25) is 11.8 Å². The molecule has 2 N–H and O–H groups in total. The number of hydrogen-bond donors (Lipinski definition) is 2. The van der Waals surface area contributed by atoms with Crippen LogP contribution in [0.3, 0.4) is 0 Å². The first-order chi connectivity index (χ1) is 8.91. The monoisotopic (exact) mass is 270 g/mol. The summed E-state index contributed by atoms with van der Waals surface area (Å²) in [5, 5.41) is 11.9. The van der Waals surface area contributed by atoms with Crippen LogP contribution in [0.4, 0.5) is 0 Å². The molecule has 0 saturated carbocycles. The first-order valence-electron chi connectivity index (χ1n) is 6.72. The Kier molecular flexibility index (Phi) is 5.32. The van der Waals surface area contributed by atoms with Gasteiger partial charge in [-0.2, -0.15) is 0 Å². The number of amides is 2. The van der Waals surface area contributed by atoms with Crippen molar-refractivity contribution in [1.29, 1.82) is 0 Å². The smallest absolute Gasteiger partial charge is 0.329 e. The van der Waals surface area contributed by atoms with Crippen molar-refractivity contribution in [3.8, 4) is 0 Å². The summed E-state index contributed by atoms with van der Waals surface area (Å²) in [7, 11) is 0. The summed E-state index contributed by atoms with van der Waals surface area (Å²) >= 11 is 0. The molecule has 1 fully saturated rings. The zero-order valence-electron chi connectivity index (χ0n) is 11.6. The molecule has 0 radical (unpaired) electrons. The molecule has 0 aromatic rings. The minimum atomic E-state index is -1.11. The Hall–Kier alpha value is -1.59. The SMILES string of the molecule is CCCNC(=O)CCC(=O)N1CCCC1(C)C(=O)O. The molecule has 108 valence electrons. The van der Waals surface area contributed by atoms with Crippen LogP contribution in [0.1, 0.15) is 46.0 Å². The second kappa shape index (κ2) is 6.54. The third-order valence-corrected chi connectivity index (χ3v) is 3.54. The lowest BCUT2D eigenvalue weighted by molar-refractivity contribution is -0.155. The molecule has 0 aliphatic carbocycles. The molecule has 0 aromatic heterocycles. The third kappa shape index (κ3) is 3.68. The molecule has 0 spiro atoms. The molecule has 2 amide bonds. The highest BCUT2D eigenvalue weighted by molar-refractivity contribution is 5.89. The first-order valence-corrected chi connectivity index (χ1v) is 6.72. The highest BCUT2D eigenvalue weighted by atomic mass is 16.4. The topological polar surface area (TPSA) is 86.7 Å². The van der Waals surface area contributed by atoms with Crippen molar-refractivity contribution in [1.82, 2.24) is 10.2 Å². The van der Waals surface area contributed by atoms with Gasteiger partial charge in [-0.25, -0.2) is 4.79 Å². The highest BCUT2D eigenvalue weighted by Gasteiger charge is 2.45. The summed E-state index contributed by atoms with van der Waals surface area (Å²) in [6.45, 7) is 4.58. The van der Waals surface area contributed by atoms with Crippen molar-refractivity contribution < 1.29 is 19.5 Å². The number of hydrogen-bond acceptors (Lipinski definition) is 3. The molecule has 1 aliphatic rings. The average Bonchev–Trinajstić information content (AvgIpc) is 2.77. The Morgan fingerprint density at radius 1 is 1.32 bits per heavy atom. The summed E-state index contributed by atoms with van der Waals surface area (Å²) in [6, 6.07) is 0. The maximum atomic E-state index is 12.0. The maximum Gasteiger partial charge on any atom is 0.329 e. The normalized spacial score (nSPS) is 22.3. The van der Waals surface area contributed by atoms with Crippen LogP contribution < -0.4 is 5.32 Å². The summed E-state index contributed by atoms with van der Waals surface area (Å²) in [5.74, 6) is -1.39. The van der Waals surface area contributed by atoms with Gasteiger partial charge in [0.05, 0.1) is 0 Å². The van der Waals surface area contributed by atoms with Crippen molar-refractivity contribution in [3.05, 3.63) is 0 Å². The van der Waals surface area contributed by atoms with E-state index >= 15 is 0 Å². The summed E-state index contributed by atoms with van der Waals surface area (Å²) in [5.41, 5.74) is -1.11. The molecule has 1 saturated heterocycles. The maximum absolute atomic E-state index is 12.0. The fourth-order valence-corrected chi connectivity index (χ4v) is 2.29. The van der Waals surface area contributed by atoms with E-state index < -0.39 is 11.5 Å². The minimum Gasteiger partial charge on any atom is -0.480 e. The Morgan fingerprint density at radius 3 is 2.58 bits per heavy atom. The van der Waals surface area contributed by atoms with Gasteiger partial charge in [0, 0.05) is 25.9 Å². The standard InChI is InChI=1S/C13H22N2O4/c1-3-8-14-10(16)5-6-11(17)15-9-4-7-13(15,2)12(18)19/h3-9H2,1-2H3,(H,14,16)(H,18,19). The molecular weight excluding hydrogens is 248 g/mol. The fourth-order valence-electron chi connectivity index (χ4n) is 2.29. The number of carbonyl (C=O) groups is 3. The van der Waals surface area contributed by atoms with E-state index in [0.717, 1.165) is 6.42 Å². The molecule has 1 heterocycles. The molecule has 0 aromatic carbocycles. The van der Waals surface area contributed by atoms with E-state index in [1.165, 1.54) is 4.90 Å². The van der Waals surface area contributed by atoms with Crippen LogP contribution in [-0.2, 0) is 14.4 Å². The minimum absolute atomic E-state index is 0.0679. The Balaban J connectivity index is 2.49. The van der Waals surface area contributed by atoms with Gasteiger partial charge in [-0.05, 0) is 26.2 Å². The average molecular weight is 270 g/mol. The summed E-state index contributed by atoms with van der Waals surface area (Å²) < 4.78 is 0. The largest absolute Gasteiger partial charge is 0.480 e. The lowest BCUT2D eigenvalue weighted by Crippen LogP contribution is -2.50. The van der Waals surface area contributed by atoms with E-state index in [1.807, 2.05) is 6.92 Å². The molecule has 19 heavy (non-hydrogen) atoms. The van der Waals surface area contributed by atoms with Gasteiger partial charge in [-0.3, -0.25) is 9.59 Å². The Bertz CT molecular complexity index is 370. The van der Waals surface area contributed by atoms with Gasteiger partial charge in [0.15, 0.2) is 0 Å². The fraction of sp³-hybridized carbons (Fsp3) is 0.769. The van der Waals surface area contributed by atoms with Crippen LogP contribution in [0.2, 0.25) is 0 Å². The number of carboxylic acid groups (broad SMARTS) is 1. The molecule has 0 bridgehead atoms. The predicted molar refractivity (Wildman–Crippen MR) is 69.5 cm³/mol. The zero-order valence-corrected chi connectivity index (χ0v) is 11.6. The highest BCUT2D eigenvalue weighted by Crippen LogP contribution is 2.29. The van der Waals surface area contributed by atoms with Gasteiger partial charge in [0.1, 0.15) is 5.54 Å². The van der Waals surface area contributed by atoms with Crippen LogP contribution >= 0.6 is 0 Å². The quantitative estimate of drug-likeness (QED) is 0.746. The number of rotatable bonds is 6. The second-order valence-corrected chi connectivity index (χ2v) is 5.08. The van der Waals surface area contributed by atoms with Crippen LogP contribution in [0.25, 0.3) is 0 Å². The predicted octanol–water partition coefficient (Wildman–Crippen LogP) is 0.758.